The second kappa shape index (κ2) is 7.04. The summed E-state index contributed by atoms with van der Waals surface area (Å²) in [7, 11) is 2.04. The van der Waals surface area contributed by atoms with Crippen LogP contribution < -0.4 is 0 Å². The van der Waals surface area contributed by atoms with E-state index in [1.54, 1.807) is 0 Å². The van der Waals surface area contributed by atoms with Crippen molar-refractivity contribution in [3.05, 3.63) is 65.2 Å². The van der Waals surface area contributed by atoms with Gasteiger partial charge in [-0.2, -0.15) is 0 Å². The summed E-state index contributed by atoms with van der Waals surface area (Å²) in [6.07, 6.45) is 4.69. The number of hydrogen-bond donors (Lipinski definition) is 0. The number of rotatable bonds is 2. The summed E-state index contributed by atoms with van der Waals surface area (Å²) in [6.45, 7) is 0.913. The molecule has 0 bridgehead atoms. The molecule has 5 rings (SSSR count). The molecule has 0 saturated carbocycles. The fourth-order valence-corrected chi connectivity index (χ4v) is 3.89. The van der Waals surface area contributed by atoms with Crippen LogP contribution in [0.2, 0.25) is 0 Å². The van der Waals surface area contributed by atoms with Gasteiger partial charge < -0.3 is 8.83 Å². The number of hydrogen-bond acceptors (Lipinski definition) is 4. The Kier molecular flexibility index (Phi) is 4.72. The zero-order valence-electron chi connectivity index (χ0n) is 14.7. The van der Waals surface area contributed by atoms with Gasteiger partial charge in [0.1, 0.15) is 22.4 Å². The molecule has 1 unspecified atom stereocenters. The number of furan rings is 1. The van der Waals surface area contributed by atoms with Crippen LogP contribution in [-0.2, 0) is 6.42 Å². The second-order valence-corrected chi connectivity index (χ2v) is 7.00. The topological polar surface area (TPSA) is 42.4 Å². The summed E-state index contributed by atoms with van der Waals surface area (Å²) in [4.78, 5) is 6.62. The summed E-state index contributed by atoms with van der Waals surface area (Å²) in [5.41, 5.74) is 4.54. The molecule has 1 atom stereocenters. The monoisotopic (exact) mass is 400 g/mol. The van der Waals surface area contributed by atoms with E-state index in [0.29, 0.717) is 5.89 Å². The predicted molar refractivity (Wildman–Crippen MR) is 111 cm³/mol. The van der Waals surface area contributed by atoms with Crippen LogP contribution >= 0.6 is 24.0 Å². The van der Waals surface area contributed by atoms with Crippen LogP contribution in [0, 0.1) is 0 Å². The molecule has 1 aliphatic heterocycles. The molecule has 4 nitrogen and oxygen atoms in total. The first-order chi connectivity index (χ1) is 12.7. The molecule has 2 aromatic heterocycles. The van der Waals surface area contributed by atoms with Crippen molar-refractivity contribution < 1.29 is 8.83 Å². The summed E-state index contributed by atoms with van der Waals surface area (Å²) in [5, 5.41) is 1.13. The third-order valence-electron chi connectivity index (χ3n) is 4.91. The molecule has 0 aliphatic carbocycles. The highest BCUT2D eigenvalue weighted by Crippen LogP contribution is 2.40. The number of alkyl halides is 1. The van der Waals surface area contributed by atoms with Gasteiger partial charge in [0.2, 0.25) is 5.89 Å². The lowest BCUT2D eigenvalue weighted by atomic mass is 10.0. The number of likely N-dealkylation sites (N-methyl/N-ethyl adjacent to an activating group) is 1. The molecule has 0 spiro atoms. The third kappa shape index (κ3) is 3.04. The molecule has 2 aromatic carbocycles. The summed E-state index contributed by atoms with van der Waals surface area (Å²) in [6, 6.07) is 13.9. The molecule has 0 N–H and O–H groups in total. The molecule has 0 fully saturated rings. The Morgan fingerprint density at radius 1 is 1.07 bits per heavy atom. The Labute approximate surface area is 167 Å². The zero-order valence-corrected chi connectivity index (χ0v) is 16.3. The average Bonchev–Trinajstić information content (AvgIpc) is 3.21. The maximum absolute atomic E-state index is 6.75. The van der Waals surface area contributed by atoms with Gasteiger partial charge in [0.25, 0.3) is 0 Å². The van der Waals surface area contributed by atoms with E-state index in [0.717, 1.165) is 46.4 Å². The third-order valence-corrected chi connectivity index (χ3v) is 5.47. The van der Waals surface area contributed by atoms with Crippen molar-refractivity contribution in [2.45, 2.75) is 11.9 Å². The van der Waals surface area contributed by atoms with Crippen molar-refractivity contribution in [2.24, 2.45) is 0 Å². The molecule has 1 aliphatic rings. The first-order valence-corrected chi connectivity index (χ1v) is 9.06. The lowest BCUT2D eigenvalue weighted by Gasteiger charge is -2.20. The van der Waals surface area contributed by atoms with Gasteiger partial charge in [0.15, 0.2) is 5.58 Å². The number of oxazole rings is 1. The highest BCUT2D eigenvalue weighted by Gasteiger charge is 2.27. The smallest absolute Gasteiger partial charge is 0.220 e. The summed E-state index contributed by atoms with van der Waals surface area (Å²) >= 11 is 6.75. The Hall–Kier alpha value is -2.27. The summed E-state index contributed by atoms with van der Waals surface area (Å²) in [5.74, 6) is 1.30. The van der Waals surface area contributed by atoms with Gasteiger partial charge in [-0.15, -0.1) is 24.0 Å². The van der Waals surface area contributed by atoms with Gasteiger partial charge in [-0.1, -0.05) is 24.3 Å². The van der Waals surface area contributed by atoms with Crippen molar-refractivity contribution in [1.29, 1.82) is 0 Å². The van der Waals surface area contributed by atoms with Gasteiger partial charge in [-0.05, 0) is 43.3 Å². The summed E-state index contributed by atoms with van der Waals surface area (Å²) < 4.78 is 11.9. The fraction of sp³-hybridized carbons (Fsp3) is 0.190. The Balaban J connectivity index is 0.00000180. The predicted octanol–water partition coefficient (Wildman–Crippen LogP) is 5.89. The van der Waals surface area contributed by atoms with Gasteiger partial charge >= 0.3 is 0 Å². The molecule has 3 heterocycles. The molecule has 4 aromatic rings. The van der Waals surface area contributed by atoms with E-state index in [4.69, 9.17) is 20.4 Å². The van der Waals surface area contributed by atoms with Crippen molar-refractivity contribution in [1.82, 2.24) is 9.88 Å². The van der Waals surface area contributed by atoms with Crippen LogP contribution in [0.3, 0.4) is 0 Å². The maximum Gasteiger partial charge on any atom is 0.220 e. The van der Waals surface area contributed by atoms with Crippen molar-refractivity contribution >= 4 is 58.2 Å². The van der Waals surface area contributed by atoms with E-state index in [1.165, 1.54) is 5.56 Å². The van der Waals surface area contributed by atoms with Crippen LogP contribution in [0.5, 0.6) is 0 Å². The number of benzene rings is 2. The van der Waals surface area contributed by atoms with E-state index in [1.807, 2.05) is 55.6 Å². The van der Waals surface area contributed by atoms with Crippen LogP contribution in [0.4, 0.5) is 0 Å². The van der Waals surface area contributed by atoms with E-state index in [-0.39, 0.29) is 17.9 Å². The highest BCUT2D eigenvalue weighted by atomic mass is 35.5. The molecule has 0 saturated heterocycles. The Morgan fingerprint density at radius 3 is 2.74 bits per heavy atom. The minimum Gasteiger partial charge on any atom is -0.456 e. The quantitative estimate of drug-likeness (QED) is 0.310. The first-order valence-electron chi connectivity index (χ1n) is 8.63. The van der Waals surface area contributed by atoms with Crippen molar-refractivity contribution in [3.63, 3.8) is 0 Å². The van der Waals surface area contributed by atoms with Gasteiger partial charge in [-0.25, -0.2) is 4.98 Å². The number of para-hydroxylation sites is 2. The normalized spacial score (nSPS) is 17.5. The van der Waals surface area contributed by atoms with E-state index >= 15 is 0 Å². The van der Waals surface area contributed by atoms with Crippen molar-refractivity contribution in [3.8, 4) is 0 Å². The minimum atomic E-state index is -0.233. The lowest BCUT2D eigenvalue weighted by Crippen LogP contribution is -2.21. The fourth-order valence-electron chi connectivity index (χ4n) is 3.57. The van der Waals surface area contributed by atoms with E-state index in [9.17, 15) is 0 Å². The van der Waals surface area contributed by atoms with E-state index < -0.39 is 0 Å². The van der Waals surface area contributed by atoms with Gasteiger partial charge in [0.05, 0.1) is 0 Å². The molecular formula is C21H18Cl2N2O2. The molecule has 0 radical (unpaired) electrons. The lowest BCUT2D eigenvalue weighted by molar-refractivity contribution is 0.320. The van der Waals surface area contributed by atoms with Crippen LogP contribution in [0.15, 0.2) is 51.3 Å². The van der Waals surface area contributed by atoms with Crippen LogP contribution in [-0.4, -0.2) is 23.5 Å². The van der Waals surface area contributed by atoms with Crippen molar-refractivity contribution in [2.75, 3.05) is 13.6 Å². The molecule has 6 heteroatoms. The van der Waals surface area contributed by atoms with Crippen LogP contribution in [0.1, 0.15) is 28.3 Å². The van der Waals surface area contributed by atoms with Gasteiger partial charge in [-0.3, -0.25) is 4.90 Å². The highest BCUT2D eigenvalue weighted by molar-refractivity contribution is 6.22. The largest absolute Gasteiger partial charge is 0.456 e. The Morgan fingerprint density at radius 2 is 1.89 bits per heavy atom. The maximum atomic E-state index is 6.75. The average molecular weight is 401 g/mol. The molecule has 27 heavy (non-hydrogen) atoms. The minimum absolute atomic E-state index is 0. The standard InChI is InChI=1S/C21H17ClN2O2.ClH/c1-24-12-11-13-5-4-8-16-19(13)20(21(24)22)17(25-16)9-10-18-23-14-6-2-3-7-15(14)26-18;/h2-10,21H,11-12H2,1H3;1H/b10-9+;. The second-order valence-electron chi connectivity index (χ2n) is 6.59. The number of halogens is 2. The van der Waals surface area contributed by atoms with Crippen LogP contribution in [0.25, 0.3) is 34.2 Å². The molecule has 138 valence electrons. The molecule has 0 amide bonds. The number of nitrogens with zero attached hydrogens (tertiary/aromatic N) is 2. The van der Waals surface area contributed by atoms with Gasteiger partial charge in [0, 0.05) is 23.6 Å². The molecular weight excluding hydrogens is 383 g/mol. The first kappa shape index (κ1) is 18.1. The Bertz CT molecular complexity index is 1110. The number of fused-ring (bicyclic) bond motifs is 1. The zero-order chi connectivity index (χ0) is 17.7. The van der Waals surface area contributed by atoms with E-state index in [2.05, 4.69) is 16.0 Å². The SMILES string of the molecule is CN1CCc2cccc3oc(/C=C/c4nc5ccccc5o4)c(c23)C1Cl.Cl. The number of aromatic nitrogens is 1.